The van der Waals surface area contributed by atoms with Crippen molar-refractivity contribution in [3.05, 3.63) is 90.1 Å². The lowest BCUT2D eigenvalue weighted by molar-refractivity contribution is 0.283. The molecule has 0 saturated carbocycles. The van der Waals surface area contributed by atoms with Crippen LogP contribution in [0.4, 0.5) is 11.8 Å². The molecule has 0 aliphatic carbocycles. The average Bonchev–Trinajstić information content (AvgIpc) is 2.81. The van der Waals surface area contributed by atoms with Crippen LogP contribution in [0.2, 0.25) is 0 Å². The molecule has 0 bridgehead atoms. The lowest BCUT2D eigenvalue weighted by atomic mass is 10.1. The maximum atomic E-state index is 4.73. The molecule has 1 aromatic heterocycles. The lowest BCUT2D eigenvalue weighted by Gasteiger charge is -2.34. The highest BCUT2D eigenvalue weighted by Gasteiger charge is 2.17. The Labute approximate surface area is 179 Å². The van der Waals surface area contributed by atoms with Crippen molar-refractivity contribution in [1.82, 2.24) is 14.9 Å². The normalized spacial score (nSPS) is 14.9. The molecule has 1 saturated heterocycles. The quantitative estimate of drug-likeness (QED) is 0.621. The molecule has 5 nitrogen and oxygen atoms in total. The van der Waals surface area contributed by atoms with Gasteiger partial charge in [-0.3, -0.25) is 4.90 Å². The van der Waals surface area contributed by atoms with E-state index in [-0.39, 0.29) is 0 Å². The number of aromatic nitrogens is 2. The number of piperazine rings is 1. The van der Waals surface area contributed by atoms with Gasteiger partial charge in [-0.15, -0.1) is 0 Å². The molecule has 0 atom stereocenters. The number of rotatable bonds is 8. The van der Waals surface area contributed by atoms with Crippen LogP contribution < -0.4 is 10.2 Å². The molecular weight excluding hydrogens is 370 g/mol. The molecule has 154 valence electrons. The van der Waals surface area contributed by atoms with Crippen LogP contribution in [0.5, 0.6) is 0 Å². The molecule has 0 amide bonds. The van der Waals surface area contributed by atoms with E-state index in [0.29, 0.717) is 5.95 Å². The Morgan fingerprint density at radius 3 is 2.37 bits per heavy atom. The maximum Gasteiger partial charge on any atom is 0.224 e. The third kappa shape index (κ3) is 5.91. The minimum absolute atomic E-state index is 0.705. The van der Waals surface area contributed by atoms with Crippen molar-refractivity contribution >= 4 is 17.8 Å². The fourth-order valence-electron chi connectivity index (χ4n) is 3.64. The van der Waals surface area contributed by atoms with Gasteiger partial charge in [0.05, 0.1) is 0 Å². The van der Waals surface area contributed by atoms with Crippen molar-refractivity contribution in [3.63, 3.8) is 0 Å². The molecule has 0 spiro atoms. The van der Waals surface area contributed by atoms with E-state index in [2.05, 4.69) is 80.8 Å². The smallest absolute Gasteiger partial charge is 0.224 e. The Morgan fingerprint density at radius 2 is 1.60 bits per heavy atom. The number of nitrogens with zero attached hydrogens (tertiary/aromatic N) is 4. The monoisotopic (exact) mass is 399 g/mol. The first kappa shape index (κ1) is 20.1. The second-order valence-electron chi connectivity index (χ2n) is 7.50. The van der Waals surface area contributed by atoms with Crippen molar-refractivity contribution in [2.45, 2.75) is 6.42 Å². The summed E-state index contributed by atoms with van der Waals surface area (Å²) in [5.41, 5.74) is 2.57. The van der Waals surface area contributed by atoms with Gasteiger partial charge in [-0.2, -0.15) is 4.98 Å². The van der Waals surface area contributed by atoms with Gasteiger partial charge in [0.2, 0.25) is 5.95 Å². The maximum absolute atomic E-state index is 4.73. The first-order chi connectivity index (χ1) is 14.9. The highest BCUT2D eigenvalue weighted by Crippen LogP contribution is 2.15. The second kappa shape index (κ2) is 10.6. The third-order valence-electron chi connectivity index (χ3n) is 5.35. The number of nitrogens with one attached hydrogen (secondary N) is 1. The molecule has 1 aliphatic heterocycles. The summed E-state index contributed by atoms with van der Waals surface area (Å²) in [5.74, 6) is 1.71. The summed E-state index contributed by atoms with van der Waals surface area (Å²) in [6.45, 7) is 5.87. The summed E-state index contributed by atoms with van der Waals surface area (Å²) in [5, 5.41) is 3.36. The fraction of sp³-hybridized carbons (Fsp3) is 0.280. The van der Waals surface area contributed by atoms with Gasteiger partial charge in [-0.05, 0) is 23.6 Å². The molecule has 5 heteroatoms. The van der Waals surface area contributed by atoms with Gasteiger partial charge in [-0.25, -0.2) is 4.98 Å². The summed E-state index contributed by atoms with van der Waals surface area (Å²) < 4.78 is 0. The van der Waals surface area contributed by atoms with E-state index >= 15 is 0 Å². The standard InChI is InChI=1S/C25H29N5/c1-3-8-22(9-4-1)12-7-17-29-18-20-30(21-19-29)24-14-16-27-25(28-24)26-15-13-23-10-5-2-6-11-23/h1-12,14,16H,13,15,17-21H2,(H,26,27,28)/b12-7+. The molecule has 0 unspecified atom stereocenters. The van der Waals surface area contributed by atoms with Crippen LogP contribution in [-0.4, -0.2) is 54.1 Å². The molecule has 3 aromatic rings. The predicted molar refractivity (Wildman–Crippen MR) is 125 cm³/mol. The van der Waals surface area contributed by atoms with Crippen LogP contribution >= 0.6 is 0 Å². The first-order valence-electron chi connectivity index (χ1n) is 10.7. The first-order valence-corrected chi connectivity index (χ1v) is 10.7. The van der Waals surface area contributed by atoms with Crippen LogP contribution in [-0.2, 0) is 6.42 Å². The van der Waals surface area contributed by atoms with E-state index < -0.39 is 0 Å². The number of anilines is 2. The van der Waals surface area contributed by atoms with Crippen LogP contribution in [0.1, 0.15) is 11.1 Å². The van der Waals surface area contributed by atoms with E-state index in [0.717, 1.165) is 51.5 Å². The van der Waals surface area contributed by atoms with E-state index in [1.807, 2.05) is 24.4 Å². The Bertz CT molecular complexity index is 919. The highest BCUT2D eigenvalue weighted by atomic mass is 15.3. The van der Waals surface area contributed by atoms with Crippen molar-refractivity contribution in [3.8, 4) is 0 Å². The Morgan fingerprint density at radius 1 is 0.867 bits per heavy atom. The van der Waals surface area contributed by atoms with Crippen LogP contribution in [0.25, 0.3) is 6.08 Å². The van der Waals surface area contributed by atoms with Gasteiger partial charge in [0.1, 0.15) is 5.82 Å². The van der Waals surface area contributed by atoms with Crippen molar-refractivity contribution in [2.24, 2.45) is 0 Å². The predicted octanol–water partition coefficient (Wildman–Crippen LogP) is 3.97. The van der Waals surface area contributed by atoms with Gasteiger partial charge in [0, 0.05) is 45.5 Å². The molecule has 1 aliphatic rings. The molecule has 2 heterocycles. The van der Waals surface area contributed by atoms with E-state index in [9.17, 15) is 0 Å². The molecule has 0 radical (unpaired) electrons. The molecule has 4 rings (SSSR count). The zero-order valence-electron chi connectivity index (χ0n) is 17.3. The van der Waals surface area contributed by atoms with Crippen molar-refractivity contribution in [1.29, 1.82) is 0 Å². The molecule has 30 heavy (non-hydrogen) atoms. The molecule has 1 N–H and O–H groups in total. The van der Waals surface area contributed by atoms with Crippen molar-refractivity contribution in [2.75, 3.05) is 49.5 Å². The van der Waals surface area contributed by atoms with E-state index in [4.69, 9.17) is 4.98 Å². The molecule has 1 fully saturated rings. The number of benzene rings is 2. The van der Waals surface area contributed by atoms with Crippen LogP contribution in [0.15, 0.2) is 79.0 Å². The Hall–Kier alpha value is -3.18. The minimum atomic E-state index is 0.705. The summed E-state index contributed by atoms with van der Waals surface area (Å²) in [6.07, 6.45) is 7.26. The summed E-state index contributed by atoms with van der Waals surface area (Å²) >= 11 is 0. The summed E-state index contributed by atoms with van der Waals surface area (Å²) in [6, 6.07) is 23.0. The molecule has 2 aromatic carbocycles. The SMILES string of the molecule is C(=C\c1ccccc1)/CN1CCN(c2ccnc(NCCc3ccccc3)n2)CC1. The largest absolute Gasteiger partial charge is 0.354 e. The minimum Gasteiger partial charge on any atom is -0.354 e. The number of hydrogen-bond donors (Lipinski definition) is 1. The zero-order valence-corrected chi connectivity index (χ0v) is 17.3. The van der Waals surface area contributed by atoms with Crippen molar-refractivity contribution < 1.29 is 0 Å². The second-order valence-corrected chi connectivity index (χ2v) is 7.50. The van der Waals surface area contributed by atoms with Gasteiger partial charge in [0.15, 0.2) is 0 Å². The fourth-order valence-corrected chi connectivity index (χ4v) is 3.64. The lowest BCUT2D eigenvalue weighted by Crippen LogP contribution is -2.46. The van der Waals surface area contributed by atoms with Gasteiger partial charge in [-0.1, -0.05) is 72.8 Å². The van der Waals surface area contributed by atoms with Gasteiger partial charge in [0.25, 0.3) is 0 Å². The Kier molecular flexibility index (Phi) is 7.07. The average molecular weight is 400 g/mol. The van der Waals surface area contributed by atoms with Gasteiger partial charge >= 0.3 is 0 Å². The number of hydrogen-bond acceptors (Lipinski definition) is 5. The van der Waals surface area contributed by atoms with E-state index in [1.54, 1.807) is 0 Å². The summed E-state index contributed by atoms with van der Waals surface area (Å²) in [4.78, 5) is 13.9. The topological polar surface area (TPSA) is 44.3 Å². The Balaban J connectivity index is 1.23. The van der Waals surface area contributed by atoms with Gasteiger partial charge < -0.3 is 10.2 Å². The zero-order chi connectivity index (χ0) is 20.4. The van der Waals surface area contributed by atoms with E-state index in [1.165, 1.54) is 11.1 Å². The summed E-state index contributed by atoms with van der Waals surface area (Å²) in [7, 11) is 0. The highest BCUT2D eigenvalue weighted by molar-refractivity contribution is 5.49. The molecular formula is C25H29N5. The third-order valence-corrected chi connectivity index (χ3v) is 5.35. The van der Waals surface area contributed by atoms with Crippen LogP contribution in [0.3, 0.4) is 0 Å². The van der Waals surface area contributed by atoms with Crippen LogP contribution in [0, 0.1) is 0 Å².